The Labute approximate surface area is 95.1 Å². The van der Waals surface area contributed by atoms with Crippen LogP contribution in [0.1, 0.15) is 19.8 Å². The summed E-state index contributed by atoms with van der Waals surface area (Å²) >= 11 is 0. The van der Waals surface area contributed by atoms with Gasteiger partial charge in [-0.1, -0.05) is 0 Å². The van der Waals surface area contributed by atoms with Gasteiger partial charge in [0.05, 0.1) is 13.7 Å². The lowest BCUT2D eigenvalue weighted by molar-refractivity contribution is -0.122. The number of rotatable bonds is 2. The first-order valence-electron chi connectivity index (χ1n) is 5.40. The second-order valence-corrected chi connectivity index (χ2v) is 4.14. The molecule has 1 aliphatic rings. The number of hydrogen-bond donors (Lipinski definition) is 2. The summed E-state index contributed by atoms with van der Waals surface area (Å²) in [5.74, 6) is -0.339. The van der Waals surface area contributed by atoms with Gasteiger partial charge < -0.3 is 10.5 Å². The van der Waals surface area contributed by atoms with Gasteiger partial charge in [0, 0.05) is 18.6 Å². The van der Waals surface area contributed by atoms with Crippen LogP contribution in [0.25, 0.3) is 0 Å². The number of likely N-dealkylation sites (tertiary alicyclic amines) is 1. The van der Waals surface area contributed by atoms with Crippen molar-refractivity contribution < 1.29 is 14.3 Å². The van der Waals surface area contributed by atoms with Gasteiger partial charge in [0.2, 0.25) is 5.91 Å². The summed E-state index contributed by atoms with van der Waals surface area (Å²) < 4.78 is 4.34. The molecule has 16 heavy (non-hydrogen) atoms. The molecule has 1 rings (SSSR count). The van der Waals surface area contributed by atoms with Crippen molar-refractivity contribution in [2.24, 2.45) is 5.73 Å². The van der Waals surface area contributed by atoms with Crippen molar-refractivity contribution in [3.63, 3.8) is 0 Å². The Balaban J connectivity index is 2.36. The number of imide groups is 1. The number of piperidine rings is 1. The summed E-state index contributed by atoms with van der Waals surface area (Å²) in [7, 11) is 1.23. The molecule has 0 spiro atoms. The van der Waals surface area contributed by atoms with Crippen molar-refractivity contribution >= 4 is 12.0 Å². The van der Waals surface area contributed by atoms with Crippen molar-refractivity contribution in [2.75, 3.05) is 20.2 Å². The number of nitrogens with two attached hydrogens (primary N) is 1. The highest BCUT2D eigenvalue weighted by molar-refractivity contribution is 5.92. The number of carbonyl (C=O) groups excluding carboxylic acids is 2. The molecule has 1 fully saturated rings. The van der Waals surface area contributed by atoms with Crippen LogP contribution < -0.4 is 11.1 Å². The molecule has 0 bridgehead atoms. The maximum atomic E-state index is 11.4. The number of nitrogens with one attached hydrogen (secondary N) is 1. The fourth-order valence-corrected chi connectivity index (χ4v) is 1.88. The minimum atomic E-state index is -0.716. The van der Waals surface area contributed by atoms with Crippen LogP contribution in [0.5, 0.6) is 0 Å². The Morgan fingerprint density at radius 1 is 1.56 bits per heavy atom. The second-order valence-electron chi connectivity index (χ2n) is 4.14. The minimum absolute atomic E-state index is 0.211. The molecular weight excluding hydrogens is 210 g/mol. The van der Waals surface area contributed by atoms with Gasteiger partial charge in [-0.15, -0.1) is 0 Å². The molecule has 6 heteroatoms. The van der Waals surface area contributed by atoms with E-state index in [0.717, 1.165) is 19.4 Å². The predicted molar refractivity (Wildman–Crippen MR) is 58.8 cm³/mol. The first-order valence-corrected chi connectivity index (χ1v) is 5.40. The molecule has 2 unspecified atom stereocenters. The predicted octanol–water partition coefficient (Wildman–Crippen LogP) is -0.319. The number of ether oxygens (including phenoxy) is 1. The SMILES string of the molecule is COC(=O)NC(=O)CN1CCC(N)CC1C. The number of amides is 2. The molecule has 0 aromatic heterocycles. The third kappa shape index (κ3) is 3.79. The van der Waals surface area contributed by atoms with E-state index in [1.54, 1.807) is 0 Å². The van der Waals surface area contributed by atoms with Crippen LogP contribution in [0.15, 0.2) is 0 Å². The third-order valence-corrected chi connectivity index (χ3v) is 2.83. The van der Waals surface area contributed by atoms with Gasteiger partial charge in [0.25, 0.3) is 0 Å². The maximum Gasteiger partial charge on any atom is 0.413 e. The monoisotopic (exact) mass is 229 g/mol. The summed E-state index contributed by atoms with van der Waals surface area (Å²) in [5, 5.41) is 2.14. The van der Waals surface area contributed by atoms with E-state index < -0.39 is 6.09 Å². The molecular formula is C10H19N3O3. The van der Waals surface area contributed by atoms with Crippen LogP contribution in [-0.2, 0) is 9.53 Å². The summed E-state index contributed by atoms with van der Waals surface area (Å²) in [5.41, 5.74) is 5.82. The van der Waals surface area contributed by atoms with Crippen molar-refractivity contribution in [1.29, 1.82) is 0 Å². The van der Waals surface area contributed by atoms with Crippen LogP contribution in [0.2, 0.25) is 0 Å². The van der Waals surface area contributed by atoms with Crippen LogP contribution in [0, 0.1) is 0 Å². The molecule has 1 heterocycles. The summed E-state index contributed by atoms with van der Waals surface area (Å²) in [6, 6.07) is 0.488. The highest BCUT2D eigenvalue weighted by Gasteiger charge is 2.25. The van der Waals surface area contributed by atoms with Crippen LogP contribution in [0.4, 0.5) is 4.79 Å². The van der Waals surface area contributed by atoms with E-state index in [-0.39, 0.29) is 24.5 Å². The van der Waals surface area contributed by atoms with E-state index >= 15 is 0 Å². The van der Waals surface area contributed by atoms with Gasteiger partial charge >= 0.3 is 6.09 Å². The van der Waals surface area contributed by atoms with E-state index in [4.69, 9.17) is 5.73 Å². The fourth-order valence-electron chi connectivity index (χ4n) is 1.88. The first-order chi connectivity index (χ1) is 7.52. The van der Waals surface area contributed by atoms with Crippen LogP contribution >= 0.6 is 0 Å². The van der Waals surface area contributed by atoms with Crippen molar-refractivity contribution in [1.82, 2.24) is 10.2 Å². The Hall–Kier alpha value is -1.14. The second kappa shape index (κ2) is 5.81. The topological polar surface area (TPSA) is 84.7 Å². The largest absolute Gasteiger partial charge is 0.453 e. The lowest BCUT2D eigenvalue weighted by Gasteiger charge is -2.35. The molecule has 0 radical (unpaired) electrons. The summed E-state index contributed by atoms with van der Waals surface area (Å²) in [6.07, 6.45) is 1.05. The molecule has 0 aromatic rings. The molecule has 2 amide bonds. The summed E-state index contributed by atoms with van der Waals surface area (Å²) in [6.45, 7) is 3.03. The zero-order valence-electron chi connectivity index (χ0n) is 9.73. The van der Waals surface area contributed by atoms with Crippen molar-refractivity contribution in [3.05, 3.63) is 0 Å². The number of methoxy groups -OCH3 is 1. The van der Waals surface area contributed by atoms with E-state index in [2.05, 4.69) is 10.1 Å². The number of carbonyl (C=O) groups is 2. The van der Waals surface area contributed by atoms with Gasteiger partial charge in [-0.3, -0.25) is 15.0 Å². The maximum absolute atomic E-state index is 11.4. The number of hydrogen-bond acceptors (Lipinski definition) is 5. The van der Waals surface area contributed by atoms with E-state index in [9.17, 15) is 9.59 Å². The quantitative estimate of drug-likeness (QED) is 0.678. The zero-order valence-corrected chi connectivity index (χ0v) is 9.73. The lowest BCUT2D eigenvalue weighted by atomic mass is 9.99. The van der Waals surface area contributed by atoms with Crippen molar-refractivity contribution in [3.8, 4) is 0 Å². The Morgan fingerprint density at radius 2 is 2.25 bits per heavy atom. The van der Waals surface area contributed by atoms with Gasteiger partial charge in [-0.2, -0.15) is 0 Å². The Kier molecular flexibility index (Phi) is 4.70. The molecule has 6 nitrogen and oxygen atoms in total. The Morgan fingerprint density at radius 3 is 2.81 bits per heavy atom. The molecule has 2 atom stereocenters. The molecule has 92 valence electrons. The molecule has 3 N–H and O–H groups in total. The molecule has 1 aliphatic heterocycles. The average Bonchev–Trinajstić information content (AvgIpc) is 2.22. The molecule has 0 aliphatic carbocycles. The molecule has 0 saturated carbocycles. The molecule has 0 aromatic carbocycles. The highest BCUT2D eigenvalue weighted by atomic mass is 16.5. The van der Waals surface area contributed by atoms with E-state index in [1.165, 1.54) is 7.11 Å². The minimum Gasteiger partial charge on any atom is -0.453 e. The number of alkyl carbamates (subject to hydrolysis) is 1. The van der Waals surface area contributed by atoms with Gasteiger partial charge in [0.1, 0.15) is 0 Å². The Bertz CT molecular complexity index is 270. The fraction of sp³-hybridized carbons (Fsp3) is 0.800. The first kappa shape index (κ1) is 12.9. The molecule has 1 saturated heterocycles. The normalized spacial score (nSPS) is 26.2. The average molecular weight is 229 g/mol. The lowest BCUT2D eigenvalue weighted by Crippen LogP contribution is -2.49. The standard InChI is InChI=1S/C10H19N3O3/c1-7-5-8(11)3-4-13(7)6-9(14)12-10(15)16-2/h7-8H,3-6,11H2,1-2H3,(H,12,14,15). The number of nitrogens with zero attached hydrogens (tertiary/aromatic N) is 1. The van der Waals surface area contributed by atoms with Crippen molar-refractivity contribution in [2.45, 2.75) is 31.8 Å². The van der Waals surface area contributed by atoms with E-state index in [0.29, 0.717) is 0 Å². The van der Waals surface area contributed by atoms with Gasteiger partial charge in [-0.05, 0) is 19.8 Å². The zero-order chi connectivity index (χ0) is 12.1. The van der Waals surface area contributed by atoms with Crippen LogP contribution in [0.3, 0.4) is 0 Å². The third-order valence-electron chi connectivity index (χ3n) is 2.83. The van der Waals surface area contributed by atoms with Crippen LogP contribution in [-0.4, -0.2) is 49.2 Å². The smallest absolute Gasteiger partial charge is 0.413 e. The van der Waals surface area contributed by atoms with Gasteiger partial charge in [-0.25, -0.2) is 4.79 Å². The summed E-state index contributed by atoms with van der Waals surface area (Å²) in [4.78, 5) is 24.2. The van der Waals surface area contributed by atoms with Gasteiger partial charge in [0.15, 0.2) is 0 Å². The highest BCUT2D eigenvalue weighted by Crippen LogP contribution is 2.14. The van der Waals surface area contributed by atoms with E-state index in [1.807, 2.05) is 11.8 Å².